The van der Waals surface area contributed by atoms with Crippen LogP contribution in [0.15, 0.2) is 36.4 Å². The maximum absolute atomic E-state index is 12.8. The molecular formula is C19H20ClN5O4S. The number of hydrogen-bond donors (Lipinski definition) is 2. The number of carbonyl (C=O) groups is 1. The molecule has 11 heteroatoms. The van der Waals surface area contributed by atoms with E-state index in [-0.39, 0.29) is 16.4 Å². The molecule has 0 bridgehead atoms. The molecule has 158 valence electrons. The highest BCUT2D eigenvalue weighted by molar-refractivity contribution is 7.80. The van der Waals surface area contributed by atoms with Gasteiger partial charge in [0.15, 0.2) is 5.11 Å². The van der Waals surface area contributed by atoms with Gasteiger partial charge in [-0.3, -0.25) is 20.3 Å². The second kappa shape index (κ2) is 9.24. The van der Waals surface area contributed by atoms with Gasteiger partial charge in [0.2, 0.25) is 0 Å². The monoisotopic (exact) mass is 449 g/mol. The molecule has 3 N–H and O–H groups in total. The number of anilines is 2. The number of nitro benzene ring substituents is 1. The summed E-state index contributed by atoms with van der Waals surface area (Å²) in [5, 5.41) is 13.2. The highest BCUT2D eigenvalue weighted by Gasteiger charge is 2.24. The van der Waals surface area contributed by atoms with Crippen molar-refractivity contribution in [3.05, 3.63) is 62.7 Å². The van der Waals surface area contributed by atoms with Gasteiger partial charge in [0.1, 0.15) is 5.69 Å². The number of amides is 1. The lowest BCUT2D eigenvalue weighted by atomic mass is 10.1. The topological polar surface area (TPSA) is 114 Å². The summed E-state index contributed by atoms with van der Waals surface area (Å²) in [5.41, 5.74) is 10.0. The van der Waals surface area contributed by atoms with E-state index >= 15 is 0 Å². The number of hydrogen-bond acceptors (Lipinski definition) is 6. The van der Waals surface area contributed by atoms with Crippen molar-refractivity contribution in [2.24, 2.45) is 5.73 Å². The van der Waals surface area contributed by atoms with Crippen molar-refractivity contribution in [2.75, 3.05) is 36.2 Å². The van der Waals surface area contributed by atoms with Gasteiger partial charge in [-0.05, 0) is 49.0 Å². The van der Waals surface area contributed by atoms with Gasteiger partial charge in [0.25, 0.3) is 11.6 Å². The van der Waals surface area contributed by atoms with Crippen molar-refractivity contribution in [3.8, 4) is 0 Å². The standard InChI is InChI=1S/C19H20ClN5O4S/c1-12-2-4-14(11-15(12)20)24(19(21)30)22-18(26)13-3-5-16(17(10-13)25(27)28)23-6-8-29-9-7-23/h2-5,10-11H,6-9H2,1H3,(H2,21,30)(H,22,26). The molecule has 0 radical (unpaired) electrons. The Bertz CT molecular complexity index is 997. The fourth-order valence-corrected chi connectivity index (χ4v) is 3.34. The van der Waals surface area contributed by atoms with E-state index in [2.05, 4.69) is 5.43 Å². The Hall–Kier alpha value is -2.95. The summed E-state index contributed by atoms with van der Waals surface area (Å²) >= 11 is 11.2. The minimum atomic E-state index is -0.601. The minimum absolute atomic E-state index is 0.0955. The van der Waals surface area contributed by atoms with Crippen molar-refractivity contribution < 1.29 is 14.5 Å². The van der Waals surface area contributed by atoms with E-state index in [0.29, 0.717) is 42.7 Å². The van der Waals surface area contributed by atoms with Gasteiger partial charge in [-0.15, -0.1) is 0 Å². The lowest BCUT2D eigenvalue weighted by Crippen LogP contribution is -2.49. The molecule has 0 saturated carbocycles. The molecule has 9 nitrogen and oxygen atoms in total. The maximum atomic E-state index is 12.8. The number of nitrogens with zero attached hydrogens (tertiary/aromatic N) is 3. The Morgan fingerprint density at radius 3 is 2.60 bits per heavy atom. The van der Waals surface area contributed by atoms with E-state index in [9.17, 15) is 14.9 Å². The van der Waals surface area contributed by atoms with Gasteiger partial charge in [0.05, 0.1) is 23.8 Å². The van der Waals surface area contributed by atoms with Crippen LogP contribution in [0, 0.1) is 17.0 Å². The van der Waals surface area contributed by atoms with E-state index < -0.39 is 10.8 Å². The molecule has 1 heterocycles. The third-order valence-electron chi connectivity index (χ3n) is 4.63. The Kier molecular flexibility index (Phi) is 6.70. The molecule has 1 amide bonds. The largest absolute Gasteiger partial charge is 0.378 e. The van der Waals surface area contributed by atoms with Crippen molar-refractivity contribution in [3.63, 3.8) is 0 Å². The third-order valence-corrected chi connectivity index (χ3v) is 5.22. The Balaban J connectivity index is 1.87. The summed E-state index contributed by atoms with van der Waals surface area (Å²) in [7, 11) is 0. The second-order valence-corrected chi connectivity index (χ2v) is 7.43. The predicted octanol–water partition coefficient (Wildman–Crippen LogP) is 2.79. The van der Waals surface area contributed by atoms with Crippen molar-refractivity contribution >= 4 is 51.9 Å². The number of rotatable bonds is 4. The normalized spacial score (nSPS) is 13.6. The van der Waals surface area contributed by atoms with Gasteiger partial charge in [-0.25, -0.2) is 5.01 Å². The van der Waals surface area contributed by atoms with Crippen LogP contribution in [0.3, 0.4) is 0 Å². The number of halogens is 1. The van der Waals surface area contributed by atoms with Crippen LogP contribution in [0.1, 0.15) is 15.9 Å². The summed E-state index contributed by atoms with van der Waals surface area (Å²) in [6.45, 7) is 3.89. The summed E-state index contributed by atoms with van der Waals surface area (Å²) in [6.07, 6.45) is 0. The first-order chi connectivity index (χ1) is 14.3. The molecule has 30 heavy (non-hydrogen) atoms. The molecule has 0 unspecified atom stereocenters. The lowest BCUT2D eigenvalue weighted by Gasteiger charge is -2.28. The SMILES string of the molecule is Cc1ccc(N(NC(=O)c2ccc(N3CCOCC3)c([N+](=O)[O-])c2)C(N)=S)cc1Cl. The molecule has 0 atom stereocenters. The summed E-state index contributed by atoms with van der Waals surface area (Å²) in [5.74, 6) is -0.601. The highest BCUT2D eigenvalue weighted by Crippen LogP contribution is 2.30. The number of nitrogens with one attached hydrogen (secondary N) is 1. The van der Waals surface area contributed by atoms with Crippen LogP contribution in [-0.4, -0.2) is 42.2 Å². The first-order valence-corrected chi connectivity index (χ1v) is 9.84. The second-order valence-electron chi connectivity index (χ2n) is 6.61. The molecule has 0 spiro atoms. The zero-order valence-electron chi connectivity index (χ0n) is 16.1. The fourth-order valence-electron chi connectivity index (χ4n) is 3.02. The molecule has 3 rings (SSSR count). The third kappa shape index (κ3) is 4.78. The number of hydrazine groups is 1. The van der Waals surface area contributed by atoms with Gasteiger partial charge >= 0.3 is 0 Å². The van der Waals surface area contributed by atoms with E-state index in [4.69, 9.17) is 34.3 Å². The lowest BCUT2D eigenvalue weighted by molar-refractivity contribution is -0.384. The highest BCUT2D eigenvalue weighted by atomic mass is 35.5. The van der Waals surface area contributed by atoms with E-state index in [1.54, 1.807) is 24.3 Å². The maximum Gasteiger partial charge on any atom is 0.293 e. The first-order valence-electron chi connectivity index (χ1n) is 9.05. The molecule has 0 aliphatic carbocycles. The minimum Gasteiger partial charge on any atom is -0.378 e. The molecule has 1 aliphatic heterocycles. The van der Waals surface area contributed by atoms with Gasteiger partial charge in [-0.2, -0.15) is 0 Å². The van der Waals surface area contributed by atoms with Crippen LogP contribution in [0.2, 0.25) is 5.02 Å². The number of aryl methyl sites for hydroxylation is 1. The number of nitro groups is 1. The van der Waals surface area contributed by atoms with Crippen molar-refractivity contribution in [1.82, 2.24) is 5.43 Å². The van der Waals surface area contributed by atoms with Crippen LogP contribution in [0.4, 0.5) is 17.1 Å². The van der Waals surface area contributed by atoms with Crippen molar-refractivity contribution in [1.29, 1.82) is 0 Å². The quantitative estimate of drug-likeness (QED) is 0.416. The summed E-state index contributed by atoms with van der Waals surface area (Å²) in [6, 6.07) is 9.39. The Labute approximate surface area is 183 Å². The van der Waals surface area contributed by atoms with Crippen molar-refractivity contribution in [2.45, 2.75) is 6.92 Å². The zero-order valence-corrected chi connectivity index (χ0v) is 17.7. The Morgan fingerprint density at radius 1 is 1.30 bits per heavy atom. The average molecular weight is 450 g/mol. The molecular weight excluding hydrogens is 430 g/mol. The fraction of sp³-hybridized carbons (Fsp3) is 0.263. The first kappa shape index (κ1) is 21.8. The van der Waals surface area contributed by atoms with E-state index in [1.807, 2.05) is 11.8 Å². The van der Waals surface area contributed by atoms with E-state index in [0.717, 1.165) is 5.56 Å². The predicted molar refractivity (Wildman–Crippen MR) is 119 cm³/mol. The van der Waals surface area contributed by atoms with Crippen LogP contribution >= 0.6 is 23.8 Å². The van der Waals surface area contributed by atoms with Gasteiger partial charge < -0.3 is 15.4 Å². The number of thiocarbonyl (C=S) groups is 1. The number of morpholine rings is 1. The zero-order chi connectivity index (χ0) is 21.8. The summed E-state index contributed by atoms with van der Waals surface area (Å²) in [4.78, 5) is 25.8. The van der Waals surface area contributed by atoms with Gasteiger partial charge in [0, 0.05) is 29.7 Å². The average Bonchev–Trinajstić information content (AvgIpc) is 2.73. The number of ether oxygens (including phenoxy) is 1. The number of benzene rings is 2. The number of nitrogens with two attached hydrogens (primary N) is 1. The molecule has 0 aromatic heterocycles. The Morgan fingerprint density at radius 2 is 2.00 bits per heavy atom. The van der Waals surface area contributed by atoms with Crippen LogP contribution < -0.4 is 21.1 Å². The smallest absolute Gasteiger partial charge is 0.293 e. The van der Waals surface area contributed by atoms with Crippen LogP contribution in [0.5, 0.6) is 0 Å². The molecule has 1 fully saturated rings. The molecule has 2 aromatic carbocycles. The molecule has 1 aliphatic rings. The van der Waals surface area contributed by atoms with Gasteiger partial charge in [-0.1, -0.05) is 17.7 Å². The molecule has 2 aromatic rings. The number of carbonyl (C=O) groups excluding carboxylic acids is 1. The molecule has 1 saturated heterocycles. The van der Waals surface area contributed by atoms with Crippen LogP contribution in [-0.2, 0) is 4.74 Å². The summed E-state index contributed by atoms with van der Waals surface area (Å²) < 4.78 is 5.29. The van der Waals surface area contributed by atoms with Crippen LogP contribution in [0.25, 0.3) is 0 Å². The van der Waals surface area contributed by atoms with E-state index in [1.165, 1.54) is 17.1 Å².